The molecule has 1 unspecified atom stereocenters. The predicted octanol–water partition coefficient (Wildman–Crippen LogP) is 8.45. The highest BCUT2D eigenvalue weighted by Gasteiger charge is 2.24. The molecule has 12 heteroatoms. The van der Waals surface area contributed by atoms with Gasteiger partial charge < -0.3 is 19.5 Å². The van der Waals surface area contributed by atoms with Gasteiger partial charge in [0.05, 0.1) is 33.8 Å². The summed E-state index contributed by atoms with van der Waals surface area (Å²) in [5.74, 6) is 0.520. The molecule has 10 nitrogen and oxygen atoms in total. The number of halogens is 2. The topological polar surface area (TPSA) is 113 Å². The fourth-order valence-electron chi connectivity index (χ4n) is 5.93. The summed E-state index contributed by atoms with van der Waals surface area (Å²) in [4.78, 5) is 26.6. The average Bonchev–Trinajstić information content (AvgIpc) is 3.47. The van der Waals surface area contributed by atoms with E-state index in [2.05, 4.69) is 20.3 Å². The van der Waals surface area contributed by atoms with Crippen LogP contribution in [0.5, 0.6) is 11.6 Å². The summed E-state index contributed by atoms with van der Waals surface area (Å²) >= 11 is 12.8. The van der Waals surface area contributed by atoms with Crippen molar-refractivity contribution in [3.63, 3.8) is 0 Å². The van der Waals surface area contributed by atoms with Gasteiger partial charge in [0.1, 0.15) is 23.2 Å². The van der Waals surface area contributed by atoms with E-state index < -0.39 is 6.10 Å². The second-order valence-electron chi connectivity index (χ2n) is 11.2. The molecule has 47 heavy (non-hydrogen) atoms. The van der Waals surface area contributed by atoms with Crippen molar-refractivity contribution in [3.05, 3.63) is 101 Å². The molecule has 0 saturated carbocycles. The van der Waals surface area contributed by atoms with Gasteiger partial charge in [0, 0.05) is 53.3 Å². The van der Waals surface area contributed by atoms with Gasteiger partial charge in [0.25, 0.3) is 5.91 Å². The zero-order valence-corrected chi connectivity index (χ0v) is 27.1. The molecule has 4 aromatic heterocycles. The van der Waals surface area contributed by atoms with Crippen LogP contribution in [0.4, 0.5) is 5.69 Å². The smallest absolute Gasteiger partial charge is 0.258 e. The number of carbonyl (C=O) groups is 1. The van der Waals surface area contributed by atoms with Crippen LogP contribution in [-0.2, 0) is 4.74 Å². The Labute approximate surface area is 280 Å². The summed E-state index contributed by atoms with van der Waals surface area (Å²) in [7, 11) is 1.51. The number of anilines is 1. The Morgan fingerprint density at radius 2 is 1.87 bits per heavy atom. The predicted molar refractivity (Wildman–Crippen MR) is 181 cm³/mol. The number of para-hydroxylation sites is 1. The molecule has 2 aromatic carbocycles. The van der Waals surface area contributed by atoms with E-state index in [-0.39, 0.29) is 18.0 Å². The fourth-order valence-corrected chi connectivity index (χ4v) is 6.60. The van der Waals surface area contributed by atoms with Crippen molar-refractivity contribution < 1.29 is 19.0 Å². The first-order chi connectivity index (χ1) is 22.9. The largest absolute Gasteiger partial charge is 0.486 e. The SMILES string of the molecule is COc1ncc(-c2nn(C3CCCCO3)c3ccc(O[C@H](C)c4c(Cl)cncc4Cl)cc23)cc1NC(=O)c1cccc2cccnc12. The molecule has 0 spiro atoms. The Hall–Kier alpha value is -4.77. The highest BCUT2D eigenvalue weighted by atomic mass is 35.5. The number of rotatable bonds is 8. The summed E-state index contributed by atoms with van der Waals surface area (Å²) in [5, 5.41) is 10.6. The normalized spacial score (nSPS) is 15.4. The van der Waals surface area contributed by atoms with Gasteiger partial charge in [-0.05, 0) is 62.6 Å². The molecule has 6 aromatic rings. The van der Waals surface area contributed by atoms with Crippen LogP contribution in [0.3, 0.4) is 0 Å². The Morgan fingerprint density at radius 3 is 2.66 bits per heavy atom. The molecule has 238 valence electrons. The first-order valence-corrected chi connectivity index (χ1v) is 16.0. The number of ether oxygens (including phenoxy) is 3. The molecular weight excluding hydrogens is 639 g/mol. The number of benzene rings is 2. The van der Waals surface area contributed by atoms with Crippen LogP contribution in [0.25, 0.3) is 33.1 Å². The number of hydrogen-bond acceptors (Lipinski definition) is 8. The Balaban J connectivity index is 1.29. The third-order valence-corrected chi connectivity index (χ3v) is 8.76. The number of methoxy groups -OCH3 is 1. The van der Waals surface area contributed by atoms with E-state index in [1.165, 1.54) is 7.11 Å². The maximum absolute atomic E-state index is 13.6. The first-order valence-electron chi connectivity index (χ1n) is 15.2. The van der Waals surface area contributed by atoms with Crippen LogP contribution in [-0.4, -0.2) is 44.4 Å². The zero-order valence-electron chi connectivity index (χ0n) is 25.6. The van der Waals surface area contributed by atoms with Gasteiger partial charge in [-0.15, -0.1) is 0 Å². The number of carbonyl (C=O) groups excluding carboxylic acids is 1. The van der Waals surface area contributed by atoms with Crippen molar-refractivity contribution in [2.45, 2.75) is 38.5 Å². The van der Waals surface area contributed by atoms with Crippen molar-refractivity contribution in [2.75, 3.05) is 19.0 Å². The van der Waals surface area contributed by atoms with Crippen LogP contribution in [0, 0.1) is 0 Å². The summed E-state index contributed by atoms with van der Waals surface area (Å²) in [6.07, 6.45) is 8.64. The maximum atomic E-state index is 13.6. The van der Waals surface area contributed by atoms with E-state index in [0.29, 0.717) is 56.0 Å². The third kappa shape index (κ3) is 6.07. The number of hydrogen-bond donors (Lipinski definition) is 1. The molecule has 2 atom stereocenters. The minimum Gasteiger partial charge on any atom is -0.486 e. The molecule has 1 N–H and O–H groups in total. The molecule has 0 bridgehead atoms. The van der Waals surface area contributed by atoms with Crippen LogP contribution >= 0.6 is 23.2 Å². The number of nitrogens with one attached hydrogen (secondary N) is 1. The van der Waals surface area contributed by atoms with Gasteiger partial charge in [-0.1, -0.05) is 41.4 Å². The summed E-state index contributed by atoms with van der Waals surface area (Å²) in [5.41, 5.74) is 4.26. The van der Waals surface area contributed by atoms with E-state index in [1.54, 1.807) is 30.9 Å². The Kier molecular flexibility index (Phi) is 8.64. The van der Waals surface area contributed by atoms with Crippen molar-refractivity contribution in [1.82, 2.24) is 24.7 Å². The molecular formula is C35H30Cl2N6O4. The minimum atomic E-state index is -0.455. The first kappa shape index (κ1) is 30.9. The van der Waals surface area contributed by atoms with Gasteiger partial charge in [0.15, 0.2) is 6.23 Å². The number of aromatic nitrogens is 5. The highest BCUT2D eigenvalue weighted by Crippen LogP contribution is 2.39. The lowest BCUT2D eigenvalue weighted by Gasteiger charge is -2.23. The summed E-state index contributed by atoms with van der Waals surface area (Å²) in [6.45, 7) is 2.54. The molecule has 0 aliphatic carbocycles. The lowest BCUT2D eigenvalue weighted by atomic mass is 10.1. The lowest BCUT2D eigenvalue weighted by molar-refractivity contribution is -0.0365. The molecule has 1 aliphatic rings. The number of amides is 1. The number of fused-ring (bicyclic) bond motifs is 2. The van der Waals surface area contributed by atoms with E-state index in [4.69, 9.17) is 42.5 Å². The molecule has 7 rings (SSSR count). The van der Waals surface area contributed by atoms with Crippen LogP contribution in [0.2, 0.25) is 10.0 Å². The van der Waals surface area contributed by atoms with E-state index in [0.717, 1.165) is 35.6 Å². The molecule has 0 radical (unpaired) electrons. The standard InChI is InChI=1S/C35H30Cl2N6O4/c1-20(31-26(36)18-38-19-27(31)37)47-23-11-12-29-25(16-23)33(42-43(29)30-10-3-4-14-46-30)22-15-28(35(45-2)40-17-22)41-34(44)24-9-5-7-21-8-6-13-39-32(21)24/h5-9,11-13,15-20,30H,3-4,10,14H2,1-2H3,(H,41,44)/t20-,30?/m1/s1. The van der Waals surface area contributed by atoms with Gasteiger partial charge >= 0.3 is 0 Å². The third-order valence-electron chi connectivity index (χ3n) is 8.16. The molecule has 1 fully saturated rings. The van der Waals surface area contributed by atoms with Crippen LogP contribution < -0.4 is 14.8 Å². The van der Waals surface area contributed by atoms with Crippen molar-refractivity contribution in [2.24, 2.45) is 0 Å². The lowest BCUT2D eigenvalue weighted by Crippen LogP contribution is -2.19. The highest BCUT2D eigenvalue weighted by molar-refractivity contribution is 6.35. The van der Waals surface area contributed by atoms with Gasteiger partial charge in [-0.25, -0.2) is 9.67 Å². The minimum absolute atomic E-state index is 0.218. The maximum Gasteiger partial charge on any atom is 0.258 e. The zero-order chi connectivity index (χ0) is 32.5. The van der Waals surface area contributed by atoms with Gasteiger partial charge in [-0.2, -0.15) is 5.10 Å². The van der Waals surface area contributed by atoms with Gasteiger partial charge in [-0.3, -0.25) is 14.8 Å². The van der Waals surface area contributed by atoms with Gasteiger partial charge in [0.2, 0.25) is 5.88 Å². The molecule has 5 heterocycles. The van der Waals surface area contributed by atoms with E-state index >= 15 is 0 Å². The van der Waals surface area contributed by atoms with Crippen LogP contribution in [0.15, 0.2) is 79.4 Å². The van der Waals surface area contributed by atoms with E-state index in [1.807, 2.05) is 60.1 Å². The van der Waals surface area contributed by atoms with Crippen molar-refractivity contribution >= 4 is 56.6 Å². The van der Waals surface area contributed by atoms with Crippen LogP contribution in [0.1, 0.15) is 54.4 Å². The second-order valence-corrected chi connectivity index (χ2v) is 12.0. The monoisotopic (exact) mass is 668 g/mol. The summed E-state index contributed by atoms with van der Waals surface area (Å²) in [6, 6.07) is 16.8. The quantitative estimate of drug-likeness (QED) is 0.172. The Morgan fingerprint density at radius 1 is 1.04 bits per heavy atom. The average molecular weight is 670 g/mol. The number of nitrogens with zero attached hydrogens (tertiary/aromatic N) is 5. The number of pyridine rings is 3. The Bertz CT molecular complexity index is 2090. The summed E-state index contributed by atoms with van der Waals surface area (Å²) < 4.78 is 19.9. The van der Waals surface area contributed by atoms with Crippen molar-refractivity contribution in [1.29, 1.82) is 0 Å². The second kappa shape index (κ2) is 13.2. The molecule has 1 aliphatic heterocycles. The fraction of sp³-hybridized carbons (Fsp3) is 0.229. The van der Waals surface area contributed by atoms with E-state index in [9.17, 15) is 4.79 Å². The van der Waals surface area contributed by atoms with Crippen molar-refractivity contribution in [3.8, 4) is 22.9 Å². The molecule has 1 saturated heterocycles. The molecule has 1 amide bonds.